The van der Waals surface area contributed by atoms with E-state index in [-0.39, 0.29) is 24.1 Å². The molecule has 21 heavy (non-hydrogen) atoms. The van der Waals surface area contributed by atoms with Gasteiger partial charge in [-0.05, 0) is 36.6 Å². The zero-order valence-electron chi connectivity index (χ0n) is 11.9. The molecular weight excluding hydrogens is 268 g/mol. The Morgan fingerprint density at radius 1 is 1.48 bits per heavy atom. The number of amides is 1. The number of nitrogens with zero attached hydrogens (tertiary/aromatic N) is 1. The van der Waals surface area contributed by atoms with E-state index < -0.39 is 5.97 Å². The predicted octanol–water partition coefficient (Wildman–Crippen LogP) is 0.881. The van der Waals surface area contributed by atoms with Crippen LogP contribution in [0.3, 0.4) is 0 Å². The fraction of sp³-hybridized carbons (Fsp3) is 0.375. The quantitative estimate of drug-likeness (QED) is 0.806. The number of nitrogens with one attached hydrogen (secondary N) is 1. The largest absolute Gasteiger partial charge is 0.478 e. The standard InChI is InChI=1S/C16H18N2O3/c1-3-7-17-15(19)11(2)18-8-6-12-4-5-13(16(20)21)9-14(12)10-18/h1,4-5,9,11H,6-8,10H2,2H3,(H,17,19)(H,20,21). The number of hydrogen-bond acceptors (Lipinski definition) is 3. The number of carboxylic acid groups (broad SMARTS) is 1. The Labute approximate surface area is 124 Å². The van der Waals surface area contributed by atoms with Crippen molar-refractivity contribution in [1.82, 2.24) is 10.2 Å². The maximum Gasteiger partial charge on any atom is 0.335 e. The van der Waals surface area contributed by atoms with Crippen LogP contribution in [0.2, 0.25) is 0 Å². The lowest BCUT2D eigenvalue weighted by Crippen LogP contribution is -2.47. The Kier molecular flexibility index (Phi) is 4.61. The van der Waals surface area contributed by atoms with Crippen molar-refractivity contribution in [2.45, 2.75) is 25.9 Å². The molecule has 0 fully saturated rings. The van der Waals surface area contributed by atoms with Crippen molar-refractivity contribution < 1.29 is 14.7 Å². The summed E-state index contributed by atoms with van der Waals surface area (Å²) < 4.78 is 0. The molecule has 1 heterocycles. The third-order valence-electron chi connectivity index (χ3n) is 3.79. The lowest BCUT2D eigenvalue weighted by atomic mass is 9.96. The fourth-order valence-corrected chi connectivity index (χ4v) is 2.49. The predicted molar refractivity (Wildman–Crippen MR) is 78.8 cm³/mol. The summed E-state index contributed by atoms with van der Waals surface area (Å²) in [5, 5.41) is 11.7. The van der Waals surface area contributed by atoms with Gasteiger partial charge in [0.05, 0.1) is 18.2 Å². The molecule has 1 aromatic carbocycles. The van der Waals surface area contributed by atoms with Crippen molar-refractivity contribution in [3.8, 4) is 12.3 Å². The minimum atomic E-state index is -0.935. The molecule has 110 valence electrons. The van der Waals surface area contributed by atoms with Crippen molar-refractivity contribution in [1.29, 1.82) is 0 Å². The summed E-state index contributed by atoms with van der Waals surface area (Å²) in [5.74, 6) is 1.34. The van der Waals surface area contributed by atoms with Gasteiger partial charge in [-0.15, -0.1) is 6.42 Å². The summed E-state index contributed by atoms with van der Waals surface area (Å²) in [5.41, 5.74) is 2.39. The van der Waals surface area contributed by atoms with E-state index in [0.29, 0.717) is 6.54 Å². The van der Waals surface area contributed by atoms with Gasteiger partial charge in [-0.3, -0.25) is 9.69 Å². The lowest BCUT2D eigenvalue weighted by Gasteiger charge is -2.33. The number of benzene rings is 1. The summed E-state index contributed by atoms with van der Waals surface area (Å²) in [6.07, 6.45) is 5.94. The average Bonchev–Trinajstić information content (AvgIpc) is 2.50. The molecule has 5 nitrogen and oxygen atoms in total. The average molecular weight is 286 g/mol. The molecule has 2 N–H and O–H groups in total. The summed E-state index contributed by atoms with van der Waals surface area (Å²) in [6.45, 7) is 3.39. The molecule has 0 radical (unpaired) electrons. The normalized spacial score (nSPS) is 15.6. The summed E-state index contributed by atoms with van der Waals surface area (Å²) in [4.78, 5) is 25.0. The molecule has 1 aliphatic rings. The highest BCUT2D eigenvalue weighted by molar-refractivity contribution is 5.88. The van der Waals surface area contributed by atoms with Crippen LogP contribution in [0.25, 0.3) is 0 Å². The number of terminal acetylenes is 1. The summed E-state index contributed by atoms with van der Waals surface area (Å²) in [7, 11) is 0. The molecule has 1 amide bonds. The first-order valence-corrected chi connectivity index (χ1v) is 6.83. The van der Waals surface area contributed by atoms with Crippen LogP contribution >= 0.6 is 0 Å². The third kappa shape index (κ3) is 3.41. The van der Waals surface area contributed by atoms with Gasteiger partial charge in [-0.2, -0.15) is 0 Å². The number of carboxylic acids is 1. The van der Waals surface area contributed by atoms with Gasteiger partial charge in [0.25, 0.3) is 0 Å². The lowest BCUT2D eigenvalue weighted by molar-refractivity contribution is -0.126. The van der Waals surface area contributed by atoms with E-state index in [0.717, 1.165) is 24.1 Å². The zero-order valence-corrected chi connectivity index (χ0v) is 11.9. The molecule has 0 bridgehead atoms. The van der Waals surface area contributed by atoms with Crippen LogP contribution in [0.15, 0.2) is 18.2 Å². The van der Waals surface area contributed by atoms with E-state index in [1.165, 1.54) is 0 Å². The van der Waals surface area contributed by atoms with Crippen LogP contribution in [0, 0.1) is 12.3 Å². The highest BCUT2D eigenvalue weighted by Crippen LogP contribution is 2.22. The highest BCUT2D eigenvalue weighted by Gasteiger charge is 2.25. The van der Waals surface area contributed by atoms with Crippen molar-refractivity contribution in [3.05, 3.63) is 34.9 Å². The maximum absolute atomic E-state index is 11.9. The molecule has 5 heteroatoms. The second-order valence-electron chi connectivity index (χ2n) is 5.11. The Balaban J connectivity index is 2.11. The first-order valence-electron chi connectivity index (χ1n) is 6.83. The molecule has 0 saturated heterocycles. The van der Waals surface area contributed by atoms with Crippen molar-refractivity contribution in [3.63, 3.8) is 0 Å². The number of rotatable bonds is 4. The van der Waals surface area contributed by atoms with E-state index in [2.05, 4.69) is 11.2 Å². The maximum atomic E-state index is 11.9. The molecular formula is C16H18N2O3. The van der Waals surface area contributed by atoms with Gasteiger partial charge in [0.15, 0.2) is 0 Å². The van der Waals surface area contributed by atoms with Crippen LogP contribution in [-0.2, 0) is 17.8 Å². The van der Waals surface area contributed by atoms with Crippen molar-refractivity contribution in [2.75, 3.05) is 13.1 Å². The third-order valence-corrected chi connectivity index (χ3v) is 3.79. The van der Waals surface area contributed by atoms with Gasteiger partial charge in [0.2, 0.25) is 5.91 Å². The van der Waals surface area contributed by atoms with Gasteiger partial charge >= 0.3 is 5.97 Å². The number of fused-ring (bicyclic) bond motifs is 1. The second-order valence-corrected chi connectivity index (χ2v) is 5.11. The van der Waals surface area contributed by atoms with E-state index >= 15 is 0 Å². The number of aromatic carboxylic acids is 1. The van der Waals surface area contributed by atoms with Crippen molar-refractivity contribution >= 4 is 11.9 Å². The molecule has 1 unspecified atom stereocenters. The van der Waals surface area contributed by atoms with E-state index in [1.54, 1.807) is 12.1 Å². The number of hydrogen-bond donors (Lipinski definition) is 2. The van der Waals surface area contributed by atoms with Crippen LogP contribution in [0.4, 0.5) is 0 Å². The van der Waals surface area contributed by atoms with E-state index in [4.69, 9.17) is 11.5 Å². The SMILES string of the molecule is C#CCNC(=O)C(C)N1CCc2ccc(C(=O)O)cc2C1. The van der Waals surface area contributed by atoms with E-state index in [9.17, 15) is 9.59 Å². The van der Waals surface area contributed by atoms with Gasteiger partial charge < -0.3 is 10.4 Å². The number of carbonyl (C=O) groups is 2. The Bertz CT molecular complexity index is 604. The first-order chi connectivity index (χ1) is 10.0. The van der Waals surface area contributed by atoms with Gasteiger partial charge in [-0.1, -0.05) is 12.0 Å². The molecule has 1 aromatic rings. The number of carbonyl (C=O) groups excluding carboxylic acids is 1. The van der Waals surface area contributed by atoms with Crippen LogP contribution in [0.5, 0.6) is 0 Å². The monoisotopic (exact) mass is 286 g/mol. The zero-order chi connectivity index (χ0) is 15.4. The topological polar surface area (TPSA) is 69.6 Å². The second kappa shape index (κ2) is 6.42. The van der Waals surface area contributed by atoms with Crippen LogP contribution in [0.1, 0.15) is 28.4 Å². The molecule has 0 aliphatic carbocycles. The van der Waals surface area contributed by atoms with E-state index in [1.807, 2.05) is 17.9 Å². The molecule has 0 aromatic heterocycles. The minimum absolute atomic E-state index is 0.106. The molecule has 0 spiro atoms. The molecule has 2 rings (SSSR count). The van der Waals surface area contributed by atoms with Gasteiger partial charge in [0.1, 0.15) is 0 Å². The van der Waals surface area contributed by atoms with Gasteiger partial charge in [0, 0.05) is 13.1 Å². The summed E-state index contributed by atoms with van der Waals surface area (Å²) in [6, 6.07) is 4.88. The molecule has 0 saturated carbocycles. The summed E-state index contributed by atoms with van der Waals surface area (Å²) >= 11 is 0. The highest BCUT2D eigenvalue weighted by atomic mass is 16.4. The van der Waals surface area contributed by atoms with Crippen molar-refractivity contribution in [2.24, 2.45) is 0 Å². The smallest absolute Gasteiger partial charge is 0.335 e. The Hall–Kier alpha value is -2.32. The fourth-order valence-electron chi connectivity index (χ4n) is 2.49. The van der Waals surface area contributed by atoms with Gasteiger partial charge in [-0.25, -0.2) is 4.79 Å². The minimum Gasteiger partial charge on any atom is -0.478 e. The molecule has 1 aliphatic heterocycles. The van der Waals surface area contributed by atoms with Crippen LogP contribution in [-0.4, -0.2) is 41.0 Å². The first kappa shape index (κ1) is 15.1. The Morgan fingerprint density at radius 3 is 2.90 bits per heavy atom. The Morgan fingerprint density at radius 2 is 2.24 bits per heavy atom. The van der Waals surface area contributed by atoms with Crippen LogP contribution < -0.4 is 5.32 Å². The molecule has 1 atom stereocenters.